The molecule has 1 heterocycles. The van der Waals surface area contributed by atoms with E-state index in [1.165, 1.54) is 36.4 Å². The van der Waals surface area contributed by atoms with Gasteiger partial charge >= 0.3 is 12.0 Å². The Bertz CT molecular complexity index is 1380. The fourth-order valence-corrected chi connectivity index (χ4v) is 4.22. The summed E-state index contributed by atoms with van der Waals surface area (Å²) in [6.45, 7) is -0.184. The van der Waals surface area contributed by atoms with Gasteiger partial charge in [0, 0.05) is 24.3 Å². The number of nitrogens with zero attached hydrogens (tertiary/aromatic N) is 2. The molecular formula is C27H23F3N4O5. The molecule has 4 rings (SSSR count). The molecule has 12 heteroatoms. The first kappa shape index (κ1) is 27.2. The molecule has 1 aliphatic rings. The third-order valence-corrected chi connectivity index (χ3v) is 6.06. The van der Waals surface area contributed by atoms with Gasteiger partial charge < -0.3 is 20.6 Å². The molecule has 0 aromatic heterocycles. The Morgan fingerprint density at radius 3 is 2.08 bits per heavy atom. The molecule has 3 N–H and O–H groups in total. The number of hydrogen-bond acceptors (Lipinski definition) is 4. The van der Waals surface area contributed by atoms with Gasteiger partial charge in [0.2, 0.25) is 0 Å². The highest BCUT2D eigenvalue weighted by molar-refractivity contribution is 6.00. The van der Waals surface area contributed by atoms with Crippen molar-refractivity contribution in [1.29, 1.82) is 0 Å². The van der Waals surface area contributed by atoms with E-state index in [-0.39, 0.29) is 29.9 Å². The molecule has 0 spiro atoms. The third-order valence-electron chi connectivity index (χ3n) is 6.06. The van der Waals surface area contributed by atoms with Crippen LogP contribution in [0.15, 0.2) is 72.8 Å². The van der Waals surface area contributed by atoms with Gasteiger partial charge in [0.05, 0.1) is 12.5 Å². The molecule has 2 unspecified atom stereocenters. The van der Waals surface area contributed by atoms with Crippen LogP contribution in [0.25, 0.3) is 0 Å². The van der Waals surface area contributed by atoms with E-state index in [9.17, 15) is 37.5 Å². The fraction of sp³-hybridized carbons (Fsp3) is 0.185. The van der Waals surface area contributed by atoms with Crippen molar-refractivity contribution in [1.82, 2.24) is 15.1 Å². The minimum absolute atomic E-state index is 0.0609. The normalized spacial score (nSPS) is 15.5. The molecule has 202 valence electrons. The molecule has 0 aliphatic carbocycles. The van der Waals surface area contributed by atoms with Crippen LogP contribution >= 0.6 is 0 Å². The van der Waals surface area contributed by atoms with Crippen LogP contribution in [0.4, 0.5) is 23.7 Å². The number of halogens is 3. The van der Waals surface area contributed by atoms with Crippen LogP contribution in [0, 0.1) is 17.5 Å². The largest absolute Gasteiger partial charge is 0.481 e. The monoisotopic (exact) mass is 540 g/mol. The second-order valence-corrected chi connectivity index (χ2v) is 8.72. The number of amides is 4. The van der Waals surface area contributed by atoms with Gasteiger partial charge in [0.15, 0.2) is 6.17 Å². The lowest BCUT2D eigenvalue weighted by atomic mass is 10.0. The number of anilines is 1. The van der Waals surface area contributed by atoms with E-state index >= 15 is 0 Å². The second-order valence-electron chi connectivity index (χ2n) is 8.72. The maximum absolute atomic E-state index is 13.8. The van der Waals surface area contributed by atoms with E-state index in [1.54, 1.807) is 0 Å². The van der Waals surface area contributed by atoms with Crippen LogP contribution in [-0.2, 0) is 9.59 Å². The zero-order valence-electron chi connectivity index (χ0n) is 20.3. The Balaban J connectivity index is 1.64. The predicted octanol–water partition coefficient (Wildman–Crippen LogP) is 3.75. The van der Waals surface area contributed by atoms with Crippen molar-refractivity contribution in [3.63, 3.8) is 0 Å². The van der Waals surface area contributed by atoms with Gasteiger partial charge in [0.25, 0.3) is 11.8 Å². The number of carbonyl (C=O) groups excluding carboxylic acids is 3. The number of benzene rings is 3. The van der Waals surface area contributed by atoms with Crippen molar-refractivity contribution in [2.75, 3.05) is 18.4 Å². The maximum atomic E-state index is 13.8. The summed E-state index contributed by atoms with van der Waals surface area (Å²) in [5, 5.41) is 14.5. The summed E-state index contributed by atoms with van der Waals surface area (Å²) in [6.07, 6.45) is -2.11. The van der Waals surface area contributed by atoms with Crippen molar-refractivity contribution in [2.45, 2.75) is 18.6 Å². The van der Waals surface area contributed by atoms with Gasteiger partial charge in [0.1, 0.15) is 17.5 Å². The average Bonchev–Trinajstić information content (AvgIpc) is 3.35. The summed E-state index contributed by atoms with van der Waals surface area (Å²) in [6, 6.07) is 12.6. The Morgan fingerprint density at radius 1 is 0.846 bits per heavy atom. The minimum atomic E-state index is -1.54. The van der Waals surface area contributed by atoms with Crippen LogP contribution < -0.4 is 10.6 Å². The number of nitrogens with one attached hydrogen (secondary N) is 2. The van der Waals surface area contributed by atoms with E-state index in [0.29, 0.717) is 0 Å². The zero-order valence-corrected chi connectivity index (χ0v) is 20.3. The number of aliphatic carboxylic acids is 1. The molecule has 4 amide bonds. The molecule has 3 aromatic rings. The Kier molecular flexibility index (Phi) is 8.13. The van der Waals surface area contributed by atoms with Gasteiger partial charge in [-0.3, -0.25) is 19.3 Å². The number of carboxylic acids is 1. The summed E-state index contributed by atoms with van der Waals surface area (Å²) >= 11 is 0. The zero-order chi connectivity index (χ0) is 28.1. The number of carboxylic acid groups (broad SMARTS) is 1. The van der Waals surface area contributed by atoms with Gasteiger partial charge in [-0.1, -0.05) is 18.2 Å². The lowest BCUT2D eigenvalue weighted by molar-refractivity contribution is -0.138. The van der Waals surface area contributed by atoms with Crippen molar-refractivity contribution in [3.05, 3.63) is 101 Å². The SMILES string of the molecule is O=C(O)CC(NC(=O)C1N(C(=O)Nc2ccc(F)cc2)CCN1C(=O)c1cccc(F)c1)c1ccc(F)cc1. The van der Waals surface area contributed by atoms with E-state index in [0.717, 1.165) is 46.2 Å². The fourth-order valence-electron chi connectivity index (χ4n) is 4.22. The summed E-state index contributed by atoms with van der Waals surface area (Å²) in [5.41, 5.74) is 0.454. The molecule has 1 fully saturated rings. The molecular weight excluding hydrogens is 517 g/mol. The smallest absolute Gasteiger partial charge is 0.323 e. The molecule has 1 aliphatic heterocycles. The standard InChI is InChI=1S/C27H23F3N4O5/c28-18-6-4-16(5-7-18)22(15-23(35)36)32-24(37)25-33(26(38)17-2-1-3-20(30)14-17)12-13-34(25)27(39)31-21-10-8-19(29)9-11-21/h1-11,14,22,25H,12-13,15H2,(H,31,39)(H,32,37)(H,35,36). The molecule has 0 saturated carbocycles. The Labute approximate surface area is 220 Å². The topological polar surface area (TPSA) is 119 Å². The molecule has 3 aromatic carbocycles. The Morgan fingerprint density at radius 2 is 1.46 bits per heavy atom. The first-order valence-electron chi connectivity index (χ1n) is 11.8. The average molecular weight is 540 g/mol. The molecule has 9 nitrogen and oxygen atoms in total. The van der Waals surface area contributed by atoms with Crippen LogP contribution in [0.5, 0.6) is 0 Å². The minimum Gasteiger partial charge on any atom is -0.481 e. The van der Waals surface area contributed by atoms with Gasteiger partial charge in [-0.15, -0.1) is 0 Å². The van der Waals surface area contributed by atoms with E-state index in [1.807, 2.05) is 0 Å². The highest BCUT2D eigenvalue weighted by Crippen LogP contribution is 2.24. The molecule has 2 atom stereocenters. The van der Waals surface area contributed by atoms with Gasteiger partial charge in [-0.2, -0.15) is 0 Å². The van der Waals surface area contributed by atoms with Crippen molar-refractivity contribution >= 4 is 29.5 Å². The van der Waals surface area contributed by atoms with Crippen LogP contribution in [0.1, 0.15) is 28.4 Å². The number of carbonyl (C=O) groups is 4. The van der Waals surface area contributed by atoms with Crippen LogP contribution in [0.3, 0.4) is 0 Å². The van der Waals surface area contributed by atoms with Crippen molar-refractivity contribution in [2.24, 2.45) is 0 Å². The quantitative estimate of drug-likeness (QED) is 0.422. The number of rotatable bonds is 7. The highest BCUT2D eigenvalue weighted by atomic mass is 19.1. The second kappa shape index (κ2) is 11.7. The Hall–Kier alpha value is -4.87. The summed E-state index contributed by atoms with van der Waals surface area (Å²) in [7, 11) is 0. The maximum Gasteiger partial charge on any atom is 0.323 e. The van der Waals surface area contributed by atoms with Gasteiger partial charge in [-0.05, 0) is 60.2 Å². The first-order valence-corrected chi connectivity index (χ1v) is 11.8. The predicted molar refractivity (Wildman–Crippen MR) is 133 cm³/mol. The molecule has 1 saturated heterocycles. The number of hydrogen-bond donors (Lipinski definition) is 3. The molecule has 0 bridgehead atoms. The lowest BCUT2D eigenvalue weighted by Crippen LogP contribution is -2.55. The van der Waals surface area contributed by atoms with Crippen LogP contribution in [0.2, 0.25) is 0 Å². The third kappa shape index (κ3) is 6.53. The summed E-state index contributed by atoms with van der Waals surface area (Å²) in [5.74, 6) is -4.64. The lowest BCUT2D eigenvalue weighted by Gasteiger charge is -2.31. The number of urea groups is 1. The highest BCUT2D eigenvalue weighted by Gasteiger charge is 2.43. The van der Waals surface area contributed by atoms with E-state index < -0.39 is 59.9 Å². The van der Waals surface area contributed by atoms with Crippen molar-refractivity contribution < 1.29 is 37.5 Å². The summed E-state index contributed by atoms with van der Waals surface area (Å²) < 4.78 is 40.6. The van der Waals surface area contributed by atoms with Crippen LogP contribution in [-0.4, -0.2) is 58.0 Å². The first-order chi connectivity index (χ1) is 18.6. The van der Waals surface area contributed by atoms with E-state index in [4.69, 9.17) is 0 Å². The van der Waals surface area contributed by atoms with Gasteiger partial charge in [-0.25, -0.2) is 18.0 Å². The molecule has 0 radical (unpaired) electrons. The van der Waals surface area contributed by atoms with E-state index in [2.05, 4.69) is 10.6 Å². The summed E-state index contributed by atoms with van der Waals surface area (Å²) in [4.78, 5) is 53.7. The van der Waals surface area contributed by atoms with Crippen molar-refractivity contribution in [3.8, 4) is 0 Å². The molecule has 39 heavy (non-hydrogen) atoms.